The van der Waals surface area contributed by atoms with Crippen molar-refractivity contribution in [1.82, 2.24) is 9.99 Å². The van der Waals surface area contributed by atoms with E-state index in [-0.39, 0.29) is 5.11 Å². The normalized spacial score (nSPS) is 11.1. The topological polar surface area (TPSA) is 55.3 Å². The minimum absolute atomic E-state index is 0.170. The summed E-state index contributed by atoms with van der Waals surface area (Å²) >= 11 is 11.6. The fourth-order valence-electron chi connectivity index (χ4n) is 1.59. The predicted octanol–water partition coefficient (Wildman–Crippen LogP) is 2.64. The Morgan fingerprint density at radius 1 is 1.50 bits per heavy atom. The van der Waals surface area contributed by atoms with Crippen LogP contribution in [0, 0.1) is 3.95 Å². The molecule has 0 unspecified atom stereocenters. The van der Waals surface area contributed by atoms with Crippen molar-refractivity contribution in [3.63, 3.8) is 0 Å². The number of fused-ring (bicyclic) bond motifs is 1. The van der Waals surface area contributed by atoms with Gasteiger partial charge in [0.2, 0.25) is 0 Å². The Hall–Kier alpha value is -1.31. The molecule has 1 aromatic carbocycles. The van der Waals surface area contributed by atoms with E-state index in [0.29, 0.717) is 0 Å². The van der Waals surface area contributed by atoms with Crippen LogP contribution in [0.25, 0.3) is 10.2 Å². The third kappa shape index (κ3) is 3.12. The Bertz CT molecular complexity index is 641. The van der Waals surface area contributed by atoms with Gasteiger partial charge in [-0.3, -0.25) is 5.43 Å². The zero-order valence-electron chi connectivity index (χ0n) is 9.50. The fraction of sp³-hybridized carbons (Fsp3) is 0.182. The number of nitrogens with zero attached hydrogens (tertiary/aromatic N) is 2. The largest absolute Gasteiger partial charge is 0.375 e. The summed E-state index contributed by atoms with van der Waals surface area (Å²) in [4.78, 5) is 0. The molecule has 0 fully saturated rings. The van der Waals surface area contributed by atoms with Crippen LogP contribution in [-0.4, -0.2) is 15.9 Å². The molecule has 0 aliphatic rings. The van der Waals surface area contributed by atoms with Crippen molar-refractivity contribution in [3.8, 4) is 0 Å². The summed E-state index contributed by atoms with van der Waals surface area (Å²) in [5.41, 5.74) is 8.95. The van der Waals surface area contributed by atoms with Crippen molar-refractivity contribution in [2.45, 2.75) is 13.0 Å². The molecule has 0 amide bonds. The predicted molar refractivity (Wildman–Crippen MR) is 83.7 cm³/mol. The monoisotopic (exact) mass is 296 g/mol. The Kier molecular flexibility index (Phi) is 4.40. The maximum absolute atomic E-state index is 5.35. The van der Waals surface area contributed by atoms with E-state index in [2.05, 4.69) is 39.4 Å². The van der Waals surface area contributed by atoms with Gasteiger partial charge in [0.25, 0.3) is 0 Å². The molecule has 0 aliphatic carbocycles. The van der Waals surface area contributed by atoms with Gasteiger partial charge in [0, 0.05) is 19.2 Å². The molecule has 1 heterocycles. The van der Waals surface area contributed by atoms with Gasteiger partial charge >= 0.3 is 0 Å². The first kappa shape index (κ1) is 13.1. The van der Waals surface area contributed by atoms with Crippen LogP contribution in [0.1, 0.15) is 6.42 Å². The summed E-state index contributed by atoms with van der Waals surface area (Å²) in [5.74, 6) is 0. The first-order valence-electron chi connectivity index (χ1n) is 5.34. The number of aryl methyl sites for hydroxylation is 1. The number of benzene rings is 1. The van der Waals surface area contributed by atoms with Gasteiger partial charge in [-0.25, -0.2) is 0 Å². The van der Waals surface area contributed by atoms with Crippen molar-refractivity contribution in [2.75, 3.05) is 0 Å². The number of thiocarbonyl (C=S) groups is 1. The second-order valence-corrected chi connectivity index (χ2v) is 5.68. The average molecular weight is 296 g/mol. The number of aromatic nitrogens is 1. The van der Waals surface area contributed by atoms with Gasteiger partial charge in [-0.15, -0.1) is 11.3 Å². The first-order valence-corrected chi connectivity index (χ1v) is 6.97. The lowest BCUT2D eigenvalue weighted by Gasteiger charge is -2.01. The first-order chi connectivity index (χ1) is 8.68. The van der Waals surface area contributed by atoms with E-state index in [1.54, 1.807) is 17.6 Å². The van der Waals surface area contributed by atoms with Gasteiger partial charge in [0.1, 0.15) is 0 Å². The van der Waals surface area contributed by atoms with Crippen molar-refractivity contribution in [2.24, 2.45) is 10.8 Å². The van der Waals surface area contributed by atoms with Gasteiger partial charge in [0.05, 0.1) is 10.2 Å². The molecule has 4 nitrogen and oxygen atoms in total. The molecule has 2 rings (SSSR count). The molecule has 3 N–H and O–H groups in total. The molecule has 0 atom stereocenters. The third-order valence-electron chi connectivity index (χ3n) is 2.32. The quantitative estimate of drug-likeness (QED) is 0.517. The smallest absolute Gasteiger partial charge is 0.184 e. The van der Waals surface area contributed by atoms with E-state index in [9.17, 15) is 0 Å². The zero-order chi connectivity index (χ0) is 13.0. The number of thiazole rings is 1. The Labute approximate surface area is 119 Å². The minimum Gasteiger partial charge on any atom is -0.375 e. The van der Waals surface area contributed by atoms with Gasteiger partial charge in [-0.1, -0.05) is 12.1 Å². The lowest BCUT2D eigenvalue weighted by molar-refractivity contribution is 0.755. The minimum atomic E-state index is 0.170. The molecule has 18 heavy (non-hydrogen) atoms. The average Bonchev–Trinajstić information content (AvgIpc) is 2.65. The molecule has 94 valence electrons. The van der Waals surface area contributed by atoms with E-state index in [1.807, 2.05) is 12.1 Å². The molecular weight excluding hydrogens is 284 g/mol. The third-order valence-corrected chi connectivity index (χ3v) is 3.84. The number of hydrogen-bond donors (Lipinski definition) is 2. The number of nitrogens with one attached hydrogen (secondary N) is 1. The molecule has 7 heteroatoms. The van der Waals surface area contributed by atoms with Crippen LogP contribution in [0.5, 0.6) is 0 Å². The second-order valence-electron chi connectivity index (χ2n) is 3.56. The van der Waals surface area contributed by atoms with Gasteiger partial charge in [-0.05, 0) is 36.6 Å². The molecule has 0 spiro atoms. The summed E-state index contributed by atoms with van der Waals surface area (Å²) in [6, 6.07) is 8.19. The standard InChI is InChI=1S/C11H12N4S3/c12-10(16)14-13-6-3-7-15-8-4-1-2-5-9(8)18-11(15)17/h1-2,4-6H,3,7H2,(H3,12,14,16). The lowest BCUT2D eigenvalue weighted by Crippen LogP contribution is -2.24. The summed E-state index contributed by atoms with van der Waals surface area (Å²) in [5, 5.41) is 4.07. The fourth-order valence-corrected chi connectivity index (χ4v) is 3.02. The molecule has 1 aromatic heterocycles. The molecule has 0 saturated carbocycles. The van der Waals surface area contributed by atoms with Crippen LogP contribution in [-0.2, 0) is 6.54 Å². The summed E-state index contributed by atoms with van der Waals surface area (Å²) in [6.45, 7) is 0.797. The zero-order valence-corrected chi connectivity index (χ0v) is 11.9. The second kappa shape index (κ2) is 6.03. The Morgan fingerprint density at radius 2 is 2.28 bits per heavy atom. The van der Waals surface area contributed by atoms with Crippen LogP contribution >= 0.6 is 35.8 Å². The summed E-state index contributed by atoms with van der Waals surface area (Å²) in [7, 11) is 0. The number of hydrazone groups is 1. The highest BCUT2D eigenvalue weighted by atomic mass is 32.1. The molecule has 0 saturated heterocycles. The van der Waals surface area contributed by atoms with Gasteiger partial charge < -0.3 is 10.3 Å². The number of para-hydroxylation sites is 1. The van der Waals surface area contributed by atoms with E-state index in [4.69, 9.17) is 18.0 Å². The summed E-state index contributed by atoms with van der Waals surface area (Å²) in [6.07, 6.45) is 2.51. The molecule has 2 aromatic rings. The Morgan fingerprint density at radius 3 is 3.06 bits per heavy atom. The molecule has 0 radical (unpaired) electrons. The van der Waals surface area contributed by atoms with Crippen LogP contribution in [0.15, 0.2) is 29.4 Å². The van der Waals surface area contributed by atoms with Crippen molar-refractivity contribution >= 4 is 57.3 Å². The van der Waals surface area contributed by atoms with Crippen LogP contribution in [0.3, 0.4) is 0 Å². The maximum atomic E-state index is 5.35. The van der Waals surface area contributed by atoms with E-state index < -0.39 is 0 Å². The van der Waals surface area contributed by atoms with Crippen LogP contribution in [0.2, 0.25) is 0 Å². The Balaban J connectivity index is 2.08. The van der Waals surface area contributed by atoms with E-state index in [0.717, 1.165) is 16.9 Å². The summed E-state index contributed by atoms with van der Waals surface area (Å²) < 4.78 is 4.20. The van der Waals surface area contributed by atoms with Crippen LogP contribution in [0.4, 0.5) is 0 Å². The highest BCUT2D eigenvalue weighted by Crippen LogP contribution is 2.22. The maximum Gasteiger partial charge on any atom is 0.184 e. The number of hydrogen-bond acceptors (Lipinski definition) is 4. The highest BCUT2D eigenvalue weighted by Gasteiger charge is 2.02. The SMILES string of the molecule is NC(=S)NN=CCCn1c(=S)sc2ccccc21. The van der Waals surface area contributed by atoms with E-state index in [1.165, 1.54) is 10.2 Å². The van der Waals surface area contributed by atoms with Gasteiger partial charge in [0.15, 0.2) is 9.07 Å². The molecular formula is C11H12N4S3. The lowest BCUT2D eigenvalue weighted by atomic mass is 10.3. The van der Waals surface area contributed by atoms with Crippen molar-refractivity contribution < 1.29 is 0 Å². The number of nitrogens with two attached hydrogens (primary N) is 1. The van der Waals surface area contributed by atoms with Gasteiger partial charge in [-0.2, -0.15) is 5.10 Å². The molecule has 0 aliphatic heterocycles. The highest BCUT2D eigenvalue weighted by molar-refractivity contribution is 7.80. The van der Waals surface area contributed by atoms with Crippen molar-refractivity contribution in [3.05, 3.63) is 28.2 Å². The van der Waals surface area contributed by atoms with E-state index >= 15 is 0 Å². The van der Waals surface area contributed by atoms with Crippen molar-refractivity contribution in [1.29, 1.82) is 0 Å². The van der Waals surface area contributed by atoms with Crippen LogP contribution < -0.4 is 11.2 Å². The molecule has 0 bridgehead atoms. The number of rotatable bonds is 4.